The molecule has 3 rings (SSSR count). The fourth-order valence-electron chi connectivity index (χ4n) is 1.53. The molecule has 0 atom stereocenters. The SMILES string of the molecule is c1ccc(-c2cccc(-n3nccn3)n2)nc1. The second-order valence-corrected chi connectivity index (χ2v) is 3.41. The van der Waals surface area contributed by atoms with Gasteiger partial charge in [0.05, 0.1) is 23.8 Å². The third kappa shape index (κ3) is 1.90. The van der Waals surface area contributed by atoms with Crippen molar-refractivity contribution < 1.29 is 0 Å². The molecule has 0 aromatic carbocycles. The minimum Gasteiger partial charge on any atom is -0.255 e. The van der Waals surface area contributed by atoms with Gasteiger partial charge in [-0.2, -0.15) is 10.2 Å². The summed E-state index contributed by atoms with van der Waals surface area (Å²) in [6, 6.07) is 11.4. The molecule has 0 unspecified atom stereocenters. The van der Waals surface area contributed by atoms with Crippen LogP contribution in [0, 0.1) is 0 Å². The number of aromatic nitrogens is 5. The molecule has 0 aliphatic rings. The normalized spacial score (nSPS) is 10.4. The summed E-state index contributed by atoms with van der Waals surface area (Å²) < 4.78 is 0. The lowest BCUT2D eigenvalue weighted by atomic mass is 10.2. The minimum absolute atomic E-state index is 0.679. The van der Waals surface area contributed by atoms with Gasteiger partial charge >= 0.3 is 0 Å². The molecule has 0 bridgehead atoms. The van der Waals surface area contributed by atoms with Crippen molar-refractivity contribution in [2.24, 2.45) is 0 Å². The van der Waals surface area contributed by atoms with Gasteiger partial charge in [0.2, 0.25) is 0 Å². The number of nitrogens with zero attached hydrogens (tertiary/aromatic N) is 5. The van der Waals surface area contributed by atoms with E-state index in [1.54, 1.807) is 18.6 Å². The molecule has 0 spiro atoms. The van der Waals surface area contributed by atoms with E-state index in [0.717, 1.165) is 11.4 Å². The van der Waals surface area contributed by atoms with Crippen LogP contribution >= 0.6 is 0 Å². The monoisotopic (exact) mass is 223 g/mol. The van der Waals surface area contributed by atoms with Crippen LogP contribution in [0.2, 0.25) is 0 Å². The Bertz CT molecular complexity index is 604. The van der Waals surface area contributed by atoms with E-state index in [1.807, 2.05) is 36.4 Å². The first-order valence-corrected chi connectivity index (χ1v) is 5.19. The van der Waals surface area contributed by atoms with E-state index in [-0.39, 0.29) is 0 Å². The van der Waals surface area contributed by atoms with Crippen molar-refractivity contribution in [3.63, 3.8) is 0 Å². The molecule has 3 heterocycles. The number of pyridine rings is 2. The maximum Gasteiger partial charge on any atom is 0.174 e. The van der Waals surface area contributed by atoms with E-state index >= 15 is 0 Å². The predicted octanol–water partition coefficient (Wildman–Crippen LogP) is 1.72. The van der Waals surface area contributed by atoms with Gasteiger partial charge in [-0.1, -0.05) is 12.1 Å². The van der Waals surface area contributed by atoms with Crippen LogP contribution in [0.1, 0.15) is 0 Å². The topological polar surface area (TPSA) is 56.5 Å². The second kappa shape index (κ2) is 4.13. The summed E-state index contributed by atoms with van der Waals surface area (Å²) in [5, 5.41) is 8.09. The summed E-state index contributed by atoms with van der Waals surface area (Å²) in [7, 11) is 0. The summed E-state index contributed by atoms with van der Waals surface area (Å²) in [6.45, 7) is 0. The maximum absolute atomic E-state index is 4.46. The Morgan fingerprint density at radius 1 is 0.765 bits per heavy atom. The average molecular weight is 223 g/mol. The Labute approximate surface area is 97.8 Å². The van der Waals surface area contributed by atoms with Crippen LogP contribution in [-0.2, 0) is 0 Å². The molecule has 82 valence electrons. The molecular weight excluding hydrogens is 214 g/mol. The minimum atomic E-state index is 0.679. The predicted molar refractivity (Wildman–Crippen MR) is 62.4 cm³/mol. The summed E-state index contributed by atoms with van der Waals surface area (Å²) in [4.78, 5) is 10.2. The fraction of sp³-hybridized carbons (Fsp3) is 0. The van der Waals surface area contributed by atoms with Crippen molar-refractivity contribution >= 4 is 0 Å². The highest BCUT2D eigenvalue weighted by Gasteiger charge is 2.03. The van der Waals surface area contributed by atoms with Gasteiger partial charge < -0.3 is 0 Å². The molecule has 0 N–H and O–H groups in total. The Morgan fingerprint density at radius 2 is 1.59 bits per heavy atom. The second-order valence-electron chi connectivity index (χ2n) is 3.41. The van der Waals surface area contributed by atoms with Gasteiger partial charge in [0.25, 0.3) is 0 Å². The van der Waals surface area contributed by atoms with Crippen LogP contribution in [0.25, 0.3) is 17.2 Å². The van der Waals surface area contributed by atoms with Crippen molar-refractivity contribution in [3.05, 3.63) is 55.0 Å². The largest absolute Gasteiger partial charge is 0.255 e. The van der Waals surface area contributed by atoms with Gasteiger partial charge in [-0.25, -0.2) is 4.98 Å². The van der Waals surface area contributed by atoms with Gasteiger partial charge in [-0.15, -0.1) is 4.80 Å². The van der Waals surface area contributed by atoms with Crippen molar-refractivity contribution in [2.45, 2.75) is 0 Å². The fourth-order valence-corrected chi connectivity index (χ4v) is 1.53. The molecule has 0 fully saturated rings. The van der Waals surface area contributed by atoms with Gasteiger partial charge in [0.1, 0.15) is 0 Å². The smallest absolute Gasteiger partial charge is 0.174 e. The first-order valence-electron chi connectivity index (χ1n) is 5.19. The van der Waals surface area contributed by atoms with Gasteiger partial charge in [-0.05, 0) is 24.3 Å². The van der Waals surface area contributed by atoms with E-state index in [2.05, 4.69) is 20.2 Å². The average Bonchev–Trinajstić information content (AvgIpc) is 2.94. The quantitative estimate of drug-likeness (QED) is 0.663. The first-order chi connectivity index (χ1) is 8.43. The molecule has 0 saturated carbocycles. The van der Waals surface area contributed by atoms with Crippen LogP contribution < -0.4 is 0 Å². The van der Waals surface area contributed by atoms with Crippen molar-refractivity contribution in [1.29, 1.82) is 0 Å². The summed E-state index contributed by atoms with van der Waals surface area (Å²) in [6.07, 6.45) is 4.99. The first kappa shape index (κ1) is 9.65. The van der Waals surface area contributed by atoms with E-state index in [0.29, 0.717) is 5.82 Å². The summed E-state index contributed by atoms with van der Waals surface area (Å²) in [5.41, 5.74) is 1.64. The van der Waals surface area contributed by atoms with Crippen LogP contribution in [0.4, 0.5) is 0 Å². The number of rotatable bonds is 2. The molecule has 0 saturated heterocycles. The number of hydrogen-bond donors (Lipinski definition) is 0. The van der Waals surface area contributed by atoms with Crippen LogP contribution in [0.15, 0.2) is 55.0 Å². The van der Waals surface area contributed by atoms with Gasteiger partial charge in [0, 0.05) is 6.20 Å². The lowest BCUT2D eigenvalue weighted by molar-refractivity contribution is 0.730. The molecule has 0 aliphatic heterocycles. The van der Waals surface area contributed by atoms with E-state index < -0.39 is 0 Å². The summed E-state index contributed by atoms with van der Waals surface area (Å²) >= 11 is 0. The highest BCUT2D eigenvalue weighted by Crippen LogP contribution is 2.14. The highest BCUT2D eigenvalue weighted by atomic mass is 15.5. The van der Waals surface area contributed by atoms with Crippen molar-refractivity contribution in [2.75, 3.05) is 0 Å². The summed E-state index contributed by atoms with van der Waals surface area (Å²) in [5.74, 6) is 0.679. The zero-order valence-electron chi connectivity index (χ0n) is 8.93. The Balaban J connectivity index is 2.06. The Kier molecular flexibility index (Phi) is 2.34. The lowest BCUT2D eigenvalue weighted by Crippen LogP contribution is -2.02. The molecule has 3 aromatic heterocycles. The lowest BCUT2D eigenvalue weighted by Gasteiger charge is -2.02. The molecular formula is C12H9N5. The highest BCUT2D eigenvalue weighted by molar-refractivity contribution is 5.54. The van der Waals surface area contributed by atoms with Gasteiger partial charge in [-0.3, -0.25) is 4.98 Å². The molecule has 0 radical (unpaired) electrons. The molecule has 3 aromatic rings. The van der Waals surface area contributed by atoms with Crippen LogP contribution in [-0.4, -0.2) is 25.0 Å². The third-order valence-electron chi connectivity index (χ3n) is 2.29. The van der Waals surface area contributed by atoms with Gasteiger partial charge in [0.15, 0.2) is 5.82 Å². The van der Waals surface area contributed by atoms with E-state index in [1.165, 1.54) is 4.80 Å². The molecule has 17 heavy (non-hydrogen) atoms. The van der Waals surface area contributed by atoms with Crippen LogP contribution in [0.3, 0.4) is 0 Å². The molecule has 0 amide bonds. The molecule has 5 heteroatoms. The zero-order valence-corrected chi connectivity index (χ0v) is 8.93. The maximum atomic E-state index is 4.46. The molecule has 0 aliphatic carbocycles. The van der Waals surface area contributed by atoms with Crippen molar-refractivity contribution in [1.82, 2.24) is 25.0 Å². The van der Waals surface area contributed by atoms with E-state index in [4.69, 9.17) is 0 Å². The molecule has 5 nitrogen and oxygen atoms in total. The van der Waals surface area contributed by atoms with E-state index in [9.17, 15) is 0 Å². The third-order valence-corrected chi connectivity index (χ3v) is 2.29. The van der Waals surface area contributed by atoms with Crippen molar-refractivity contribution in [3.8, 4) is 17.2 Å². The Morgan fingerprint density at radius 3 is 2.35 bits per heavy atom. The number of hydrogen-bond acceptors (Lipinski definition) is 4. The Hall–Kier alpha value is -2.56. The zero-order chi connectivity index (χ0) is 11.5. The van der Waals surface area contributed by atoms with Crippen LogP contribution in [0.5, 0.6) is 0 Å². The standard InChI is InChI=1S/C12H9N5/c1-2-7-13-10(4-1)11-5-3-6-12(16-11)17-14-8-9-15-17/h1-9H.